The highest BCUT2D eigenvalue weighted by Gasteiger charge is 2.20. The lowest BCUT2D eigenvalue weighted by molar-refractivity contribution is 0.620. The number of oxazole rings is 1. The summed E-state index contributed by atoms with van der Waals surface area (Å²) in [4.78, 5) is 7.16. The quantitative estimate of drug-likeness (QED) is 0.191. The summed E-state index contributed by atoms with van der Waals surface area (Å²) < 4.78 is 19.4. The van der Waals surface area contributed by atoms with E-state index in [1.165, 1.54) is 5.39 Å². The van der Waals surface area contributed by atoms with E-state index < -0.39 is 0 Å². The van der Waals surface area contributed by atoms with Gasteiger partial charge in [-0.3, -0.25) is 0 Å². The smallest absolute Gasteiger partial charge is 0.228 e. The van der Waals surface area contributed by atoms with Gasteiger partial charge in [-0.25, -0.2) is 4.98 Å². The van der Waals surface area contributed by atoms with E-state index >= 15 is 0 Å². The Balaban J connectivity index is 1.06. The fraction of sp³-hybridized carbons (Fsp3) is 0. The van der Waals surface area contributed by atoms with Gasteiger partial charge >= 0.3 is 0 Å². The van der Waals surface area contributed by atoms with Gasteiger partial charge in [0.25, 0.3) is 0 Å². The minimum Gasteiger partial charge on any atom is -0.456 e. The predicted molar refractivity (Wildman–Crippen MR) is 204 cm³/mol. The monoisotopic (exact) mass is 642 g/mol. The van der Waals surface area contributed by atoms with Crippen LogP contribution in [0.2, 0.25) is 0 Å². The molecule has 234 valence electrons. The molecule has 3 aromatic heterocycles. The molecule has 0 atom stereocenters. The maximum Gasteiger partial charge on any atom is 0.228 e. The highest BCUT2D eigenvalue weighted by atomic mass is 16.4. The molecule has 0 unspecified atom stereocenters. The Labute approximate surface area is 285 Å². The first-order valence-corrected chi connectivity index (χ1v) is 16.7. The van der Waals surface area contributed by atoms with Crippen LogP contribution in [0.4, 0.5) is 17.1 Å². The third-order valence-electron chi connectivity index (χ3n) is 9.82. The van der Waals surface area contributed by atoms with Crippen LogP contribution in [0, 0.1) is 0 Å². The molecule has 50 heavy (non-hydrogen) atoms. The topological polar surface area (TPSA) is 55.6 Å². The van der Waals surface area contributed by atoms with Crippen LogP contribution >= 0.6 is 0 Å². The van der Waals surface area contributed by atoms with Gasteiger partial charge in [0.15, 0.2) is 5.58 Å². The zero-order valence-corrected chi connectivity index (χ0v) is 26.6. The van der Waals surface area contributed by atoms with Gasteiger partial charge in [0.05, 0.1) is 0 Å². The summed E-state index contributed by atoms with van der Waals surface area (Å²) in [7, 11) is 0. The molecule has 0 aliphatic carbocycles. The lowest BCUT2D eigenvalue weighted by atomic mass is 10.0. The summed E-state index contributed by atoms with van der Waals surface area (Å²) in [5.41, 5.74) is 8.78. The highest BCUT2D eigenvalue weighted by molar-refractivity contribution is 6.13. The van der Waals surface area contributed by atoms with Crippen molar-refractivity contribution in [2.24, 2.45) is 0 Å². The molecule has 0 radical (unpaired) electrons. The minimum absolute atomic E-state index is 0.575. The summed E-state index contributed by atoms with van der Waals surface area (Å²) in [5, 5.41) is 8.81. The molecule has 0 N–H and O–H groups in total. The van der Waals surface area contributed by atoms with Gasteiger partial charge in [0, 0.05) is 56.3 Å². The summed E-state index contributed by atoms with van der Waals surface area (Å²) in [6, 6.07) is 54.5. The first kappa shape index (κ1) is 27.1. The van der Waals surface area contributed by atoms with Crippen LogP contribution in [0.5, 0.6) is 0 Å². The fourth-order valence-corrected chi connectivity index (χ4v) is 7.47. The van der Waals surface area contributed by atoms with Crippen LogP contribution in [0.3, 0.4) is 0 Å². The average Bonchev–Trinajstić information content (AvgIpc) is 3.85. The number of nitrogens with zero attached hydrogens (tertiary/aromatic N) is 2. The van der Waals surface area contributed by atoms with Gasteiger partial charge in [-0.15, -0.1) is 0 Å². The van der Waals surface area contributed by atoms with Crippen molar-refractivity contribution in [1.29, 1.82) is 0 Å². The van der Waals surface area contributed by atoms with E-state index in [0.29, 0.717) is 5.89 Å². The molecule has 11 rings (SSSR count). The Morgan fingerprint density at radius 2 is 0.980 bits per heavy atom. The first-order chi connectivity index (χ1) is 24.7. The van der Waals surface area contributed by atoms with Gasteiger partial charge < -0.3 is 18.2 Å². The Morgan fingerprint density at radius 3 is 1.74 bits per heavy atom. The molecule has 5 nitrogen and oxygen atoms in total. The van der Waals surface area contributed by atoms with Gasteiger partial charge in [0.1, 0.15) is 27.8 Å². The number of aromatic nitrogens is 1. The molecule has 3 heterocycles. The lowest BCUT2D eigenvalue weighted by Gasteiger charge is -2.25. The molecule has 8 aromatic carbocycles. The molecule has 0 aliphatic heterocycles. The SMILES string of the molecule is c1ccc(N(c2ccc3c(c2)oc2cc4ccccc4cc23)c2ccc3c(c2)oc2cccc(-c4nc5cc6ccccc6cc5o4)c23)cc1. The third-order valence-corrected chi connectivity index (χ3v) is 9.82. The van der Waals surface area contributed by atoms with E-state index in [4.69, 9.17) is 18.2 Å². The van der Waals surface area contributed by atoms with E-state index in [2.05, 4.69) is 132 Å². The van der Waals surface area contributed by atoms with Gasteiger partial charge in [-0.2, -0.15) is 0 Å². The molecule has 0 saturated heterocycles. The minimum atomic E-state index is 0.575. The van der Waals surface area contributed by atoms with E-state index in [-0.39, 0.29) is 0 Å². The van der Waals surface area contributed by atoms with Crippen molar-refractivity contribution in [2.75, 3.05) is 4.90 Å². The van der Waals surface area contributed by atoms with E-state index in [1.807, 2.05) is 30.3 Å². The number of benzene rings is 8. The molecular formula is C45H26N2O3. The maximum absolute atomic E-state index is 6.55. The summed E-state index contributed by atoms with van der Waals surface area (Å²) in [6.45, 7) is 0. The number of anilines is 3. The van der Waals surface area contributed by atoms with E-state index in [0.717, 1.165) is 93.8 Å². The zero-order chi connectivity index (χ0) is 32.8. The van der Waals surface area contributed by atoms with E-state index in [1.54, 1.807) is 0 Å². The third kappa shape index (κ3) is 4.10. The van der Waals surface area contributed by atoms with Crippen molar-refractivity contribution >= 4 is 93.6 Å². The number of para-hydroxylation sites is 1. The summed E-state index contributed by atoms with van der Waals surface area (Å²) >= 11 is 0. The van der Waals surface area contributed by atoms with Crippen LogP contribution in [0.1, 0.15) is 0 Å². The van der Waals surface area contributed by atoms with Crippen molar-refractivity contribution in [3.05, 3.63) is 158 Å². The molecule has 0 saturated carbocycles. The van der Waals surface area contributed by atoms with Gasteiger partial charge in [-0.1, -0.05) is 72.8 Å². The van der Waals surface area contributed by atoms with E-state index in [9.17, 15) is 0 Å². The molecular weight excluding hydrogens is 617 g/mol. The molecule has 0 fully saturated rings. The maximum atomic E-state index is 6.55. The average molecular weight is 643 g/mol. The molecule has 5 heteroatoms. The normalized spacial score (nSPS) is 12.0. The zero-order valence-electron chi connectivity index (χ0n) is 26.6. The number of hydrogen-bond donors (Lipinski definition) is 0. The van der Waals surface area contributed by atoms with Crippen LogP contribution in [-0.2, 0) is 0 Å². The van der Waals surface area contributed by atoms with Crippen LogP contribution in [0.15, 0.2) is 171 Å². The van der Waals surface area contributed by atoms with Crippen molar-refractivity contribution in [2.45, 2.75) is 0 Å². The highest BCUT2D eigenvalue weighted by Crippen LogP contribution is 2.43. The Kier molecular flexibility index (Phi) is 5.60. The van der Waals surface area contributed by atoms with Crippen LogP contribution in [-0.4, -0.2) is 4.98 Å². The Hall–Kier alpha value is -6.85. The standard InChI is InChI=1S/C45H26N2O3/c1-2-13-31(14-3-1)47(32-17-19-34-37-21-27-9-4-6-11-29(27)23-40(37)49-41(34)25-32)33-18-20-35-42(26-33)48-39-16-8-15-36(44(35)39)45-46-38-22-28-10-5-7-12-30(28)24-43(38)50-45/h1-26H. The Morgan fingerprint density at radius 1 is 0.380 bits per heavy atom. The molecule has 0 amide bonds. The second-order valence-corrected chi connectivity index (χ2v) is 12.8. The Bertz CT molecular complexity index is 3060. The largest absolute Gasteiger partial charge is 0.456 e. The first-order valence-electron chi connectivity index (χ1n) is 16.7. The molecule has 0 bridgehead atoms. The van der Waals surface area contributed by atoms with Crippen molar-refractivity contribution in [3.63, 3.8) is 0 Å². The predicted octanol–water partition coefficient (Wildman–Crippen LogP) is 13.1. The molecule has 0 spiro atoms. The number of furan rings is 2. The summed E-state index contributed by atoms with van der Waals surface area (Å²) in [6.07, 6.45) is 0. The number of fused-ring (bicyclic) bond motifs is 9. The van der Waals surface area contributed by atoms with Crippen molar-refractivity contribution in [3.8, 4) is 11.5 Å². The second-order valence-electron chi connectivity index (χ2n) is 12.8. The van der Waals surface area contributed by atoms with Crippen LogP contribution < -0.4 is 4.90 Å². The molecule has 11 aromatic rings. The van der Waals surface area contributed by atoms with Crippen LogP contribution in [0.25, 0.3) is 88.0 Å². The van der Waals surface area contributed by atoms with Gasteiger partial charge in [-0.05, 0) is 94.3 Å². The molecule has 0 aliphatic rings. The van der Waals surface area contributed by atoms with Gasteiger partial charge in [0.2, 0.25) is 5.89 Å². The fourth-order valence-electron chi connectivity index (χ4n) is 7.47. The van der Waals surface area contributed by atoms with Crippen molar-refractivity contribution < 1.29 is 13.3 Å². The number of rotatable bonds is 4. The second kappa shape index (κ2) is 10.3. The summed E-state index contributed by atoms with van der Waals surface area (Å²) in [5.74, 6) is 0.575. The number of hydrogen-bond acceptors (Lipinski definition) is 5. The lowest BCUT2D eigenvalue weighted by Crippen LogP contribution is -2.09. The van der Waals surface area contributed by atoms with Crippen molar-refractivity contribution in [1.82, 2.24) is 4.98 Å².